The number of nitrogens with zero attached hydrogens (tertiary/aromatic N) is 4. The predicted octanol–water partition coefficient (Wildman–Crippen LogP) is 3.73. The minimum absolute atomic E-state index is 0.0605. The van der Waals surface area contributed by atoms with Crippen molar-refractivity contribution in [3.8, 4) is 0 Å². The molecule has 0 saturated carbocycles. The molecular weight excluding hydrogens is 496 g/mol. The number of carbonyl (C=O) groups is 1. The largest absolute Gasteiger partial charge is 0.349 e. The number of sulfonamides is 1. The Hall–Kier alpha value is -2.73. The zero-order valence-electron chi connectivity index (χ0n) is 18.6. The lowest BCUT2D eigenvalue weighted by molar-refractivity contribution is 0.0924. The molecule has 2 N–H and O–H groups in total. The summed E-state index contributed by atoms with van der Waals surface area (Å²) in [7, 11) is -1.29. The second kappa shape index (κ2) is 8.81. The number of rotatable bonds is 5. The molecule has 1 aliphatic heterocycles. The lowest BCUT2D eigenvalue weighted by Gasteiger charge is -2.30. The lowest BCUT2D eigenvalue weighted by Crippen LogP contribution is -2.46. The van der Waals surface area contributed by atoms with Gasteiger partial charge in [0.05, 0.1) is 27.5 Å². The highest BCUT2D eigenvalue weighted by molar-refractivity contribution is 7.88. The highest BCUT2D eigenvalue weighted by Gasteiger charge is 2.26. The third-order valence-electron chi connectivity index (χ3n) is 5.97. The summed E-state index contributed by atoms with van der Waals surface area (Å²) in [5.41, 5.74) is 2.94. The van der Waals surface area contributed by atoms with Crippen LogP contribution in [0.25, 0.3) is 21.3 Å². The summed E-state index contributed by atoms with van der Waals surface area (Å²) in [5, 5.41) is 7.65. The van der Waals surface area contributed by atoms with E-state index in [0.29, 0.717) is 53.1 Å². The number of aryl methyl sites for hydroxylation is 1. The topological polar surface area (TPSA) is 109 Å². The van der Waals surface area contributed by atoms with Gasteiger partial charge in [0.25, 0.3) is 5.91 Å². The van der Waals surface area contributed by atoms with Crippen LogP contribution in [0.3, 0.4) is 0 Å². The van der Waals surface area contributed by atoms with E-state index in [0.717, 1.165) is 15.7 Å². The van der Waals surface area contributed by atoms with Gasteiger partial charge in [-0.05, 0) is 49.2 Å². The van der Waals surface area contributed by atoms with Crippen molar-refractivity contribution < 1.29 is 13.2 Å². The number of carbonyl (C=O) groups excluding carboxylic acids is 1. The Bertz CT molecular complexity index is 1510. The van der Waals surface area contributed by atoms with E-state index in [9.17, 15) is 13.2 Å². The predicted molar refractivity (Wildman–Crippen MR) is 136 cm³/mol. The maximum Gasteiger partial charge on any atom is 0.251 e. The maximum atomic E-state index is 12.8. The Morgan fingerprint density at radius 1 is 1.12 bits per heavy atom. The summed E-state index contributed by atoms with van der Waals surface area (Å²) < 4.78 is 27.7. The van der Waals surface area contributed by atoms with Gasteiger partial charge in [0.2, 0.25) is 16.0 Å². The van der Waals surface area contributed by atoms with Crippen molar-refractivity contribution in [1.29, 1.82) is 0 Å². The number of anilines is 2. The Kier molecular flexibility index (Phi) is 5.96. The van der Waals surface area contributed by atoms with Gasteiger partial charge in [-0.25, -0.2) is 22.7 Å². The van der Waals surface area contributed by atoms with E-state index in [1.165, 1.54) is 21.9 Å². The molecule has 0 aliphatic carbocycles. The number of benzene rings is 2. The first-order valence-electron chi connectivity index (χ1n) is 10.7. The van der Waals surface area contributed by atoms with E-state index < -0.39 is 10.0 Å². The monoisotopic (exact) mass is 518 g/mol. The van der Waals surface area contributed by atoms with Crippen LogP contribution in [-0.4, -0.2) is 58.6 Å². The first-order valence-corrected chi connectivity index (χ1v) is 13.8. The van der Waals surface area contributed by atoms with Crippen molar-refractivity contribution in [1.82, 2.24) is 24.2 Å². The molecule has 12 heteroatoms. The second-order valence-electron chi connectivity index (χ2n) is 8.36. The summed E-state index contributed by atoms with van der Waals surface area (Å²) >= 11 is 7.56. The molecule has 34 heavy (non-hydrogen) atoms. The minimum atomic E-state index is -3.19. The van der Waals surface area contributed by atoms with Gasteiger partial charge in [0.15, 0.2) is 5.13 Å². The third-order valence-corrected chi connectivity index (χ3v) is 8.44. The van der Waals surface area contributed by atoms with Crippen molar-refractivity contribution in [3.05, 3.63) is 47.0 Å². The van der Waals surface area contributed by atoms with Crippen molar-refractivity contribution in [2.75, 3.05) is 24.7 Å². The Morgan fingerprint density at radius 3 is 2.62 bits per heavy atom. The van der Waals surface area contributed by atoms with Crippen LogP contribution < -0.4 is 10.6 Å². The molecule has 178 valence electrons. The van der Waals surface area contributed by atoms with Gasteiger partial charge in [0, 0.05) is 36.8 Å². The van der Waals surface area contributed by atoms with Crippen LogP contribution in [-0.2, 0) is 17.1 Å². The first-order chi connectivity index (χ1) is 16.2. The second-order valence-corrected chi connectivity index (χ2v) is 11.8. The molecular formula is C22H23ClN6O3S2. The maximum absolute atomic E-state index is 12.8. The fraction of sp³-hybridized carbons (Fsp3) is 0.318. The number of thiazole rings is 1. The quantitative estimate of drug-likeness (QED) is 0.416. The number of nitrogens with one attached hydrogen (secondary N) is 2. The standard InChI is InChI=1S/C22H23ClN6O3S2/c1-28-18-6-3-13(20(30)24-15-7-9-29(10-8-15)34(2,31)32)11-17(18)25-21(28)27-22-26-16-5-4-14(23)12-19(16)33-22/h3-6,11-12,15H,7-10H2,1-2H3,(H,24,30)(H,25,26,27). The molecule has 0 radical (unpaired) electrons. The van der Waals surface area contributed by atoms with Crippen molar-refractivity contribution >= 4 is 71.2 Å². The van der Waals surface area contributed by atoms with Crippen molar-refractivity contribution in [2.45, 2.75) is 18.9 Å². The number of halogens is 1. The normalized spacial score (nSPS) is 15.7. The number of hydrogen-bond acceptors (Lipinski definition) is 7. The van der Waals surface area contributed by atoms with Gasteiger partial charge in [-0.15, -0.1) is 0 Å². The van der Waals surface area contributed by atoms with E-state index in [2.05, 4.69) is 20.6 Å². The van der Waals surface area contributed by atoms with E-state index in [1.54, 1.807) is 12.1 Å². The number of piperidine rings is 1. The zero-order valence-corrected chi connectivity index (χ0v) is 21.0. The Labute approximate surface area is 205 Å². The molecule has 5 rings (SSSR count). The molecule has 2 aromatic heterocycles. The van der Waals surface area contributed by atoms with Crippen LogP contribution in [0.2, 0.25) is 5.02 Å². The molecule has 0 bridgehead atoms. The molecule has 1 aliphatic rings. The summed E-state index contributed by atoms with van der Waals surface area (Å²) in [6.07, 6.45) is 2.39. The summed E-state index contributed by atoms with van der Waals surface area (Å²) in [6, 6.07) is 10.9. The fourth-order valence-corrected chi connectivity index (χ4v) is 6.11. The molecule has 0 atom stereocenters. The highest BCUT2D eigenvalue weighted by Crippen LogP contribution is 2.31. The molecule has 0 spiro atoms. The molecule has 1 saturated heterocycles. The molecule has 4 aromatic rings. The summed E-state index contributed by atoms with van der Waals surface area (Å²) in [4.78, 5) is 22.1. The van der Waals surface area contributed by atoms with Gasteiger partial charge in [-0.1, -0.05) is 22.9 Å². The number of hydrogen-bond donors (Lipinski definition) is 2. The zero-order chi connectivity index (χ0) is 24.0. The molecule has 1 fully saturated rings. The van der Waals surface area contributed by atoms with E-state index in [1.807, 2.05) is 35.9 Å². The average molecular weight is 519 g/mol. The molecule has 9 nitrogen and oxygen atoms in total. The number of fused-ring (bicyclic) bond motifs is 2. The van der Waals surface area contributed by atoms with Crippen LogP contribution in [0.4, 0.5) is 11.1 Å². The van der Waals surface area contributed by atoms with Gasteiger partial charge in [-0.2, -0.15) is 0 Å². The minimum Gasteiger partial charge on any atom is -0.349 e. The van der Waals surface area contributed by atoms with Gasteiger partial charge in [-0.3, -0.25) is 4.79 Å². The number of imidazole rings is 1. The van der Waals surface area contributed by atoms with Crippen LogP contribution in [0.5, 0.6) is 0 Å². The van der Waals surface area contributed by atoms with E-state index >= 15 is 0 Å². The lowest BCUT2D eigenvalue weighted by atomic mass is 10.1. The average Bonchev–Trinajstić information content (AvgIpc) is 3.33. The SMILES string of the molecule is Cn1c(Nc2nc3ccc(Cl)cc3s2)nc2cc(C(=O)NC3CCN(S(C)(=O)=O)CC3)ccc21. The Balaban J connectivity index is 1.31. The van der Waals surface area contributed by atoms with Crippen molar-refractivity contribution in [3.63, 3.8) is 0 Å². The van der Waals surface area contributed by atoms with Crippen LogP contribution in [0.1, 0.15) is 23.2 Å². The third kappa shape index (κ3) is 4.61. The van der Waals surface area contributed by atoms with Gasteiger partial charge < -0.3 is 15.2 Å². The van der Waals surface area contributed by atoms with E-state index in [4.69, 9.17) is 11.6 Å². The van der Waals surface area contributed by atoms with Crippen LogP contribution in [0.15, 0.2) is 36.4 Å². The number of aromatic nitrogens is 3. The first kappa shape index (κ1) is 23.0. The van der Waals surface area contributed by atoms with Gasteiger partial charge >= 0.3 is 0 Å². The molecule has 1 amide bonds. The van der Waals surface area contributed by atoms with Gasteiger partial charge in [0.1, 0.15) is 0 Å². The smallest absolute Gasteiger partial charge is 0.251 e. The van der Waals surface area contributed by atoms with Crippen LogP contribution >= 0.6 is 22.9 Å². The van der Waals surface area contributed by atoms with Crippen LogP contribution in [0, 0.1) is 0 Å². The Morgan fingerprint density at radius 2 is 1.88 bits per heavy atom. The summed E-state index contributed by atoms with van der Waals surface area (Å²) in [6.45, 7) is 0.826. The number of amides is 1. The summed E-state index contributed by atoms with van der Waals surface area (Å²) in [5.74, 6) is 0.425. The molecule has 0 unspecified atom stereocenters. The van der Waals surface area contributed by atoms with E-state index in [-0.39, 0.29) is 11.9 Å². The fourth-order valence-electron chi connectivity index (χ4n) is 4.10. The van der Waals surface area contributed by atoms with Crippen molar-refractivity contribution in [2.24, 2.45) is 7.05 Å². The molecule has 2 aromatic carbocycles. The molecule has 3 heterocycles. The highest BCUT2D eigenvalue weighted by atomic mass is 35.5.